The van der Waals surface area contributed by atoms with Crippen LogP contribution in [0.15, 0.2) is 18.3 Å². The third-order valence-corrected chi connectivity index (χ3v) is 4.01. The van der Waals surface area contributed by atoms with Gasteiger partial charge in [0, 0.05) is 27.5 Å². The summed E-state index contributed by atoms with van der Waals surface area (Å²) in [5, 5.41) is 1.97. The number of hydrogen-bond acceptors (Lipinski definition) is 3. The van der Waals surface area contributed by atoms with Crippen LogP contribution in [-0.2, 0) is 6.42 Å². The summed E-state index contributed by atoms with van der Waals surface area (Å²) in [5.41, 5.74) is 7.54. The Balaban J connectivity index is 2.37. The van der Waals surface area contributed by atoms with E-state index in [-0.39, 0.29) is 0 Å². The summed E-state index contributed by atoms with van der Waals surface area (Å²) in [4.78, 5) is 5.07. The Morgan fingerprint density at radius 3 is 2.75 bits per heavy atom. The third-order valence-electron chi connectivity index (χ3n) is 2.30. The van der Waals surface area contributed by atoms with Crippen molar-refractivity contribution in [1.82, 2.24) is 4.98 Å². The molecule has 16 heavy (non-hydrogen) atoms. The minimum atomic E-state index is 0.565. The molecule has 0 atom stereocenters. The SMILES string of the molecule is Cc1ccc(Cl)c(Cc2cnc(N)s2)c1Cl. The van der Waals surface area contributed by atoms with Crippen LogP contribution in [0.3, 0.4) is 0 Å². The number of hydrogen-bond donors (Lipinski definition) is 1. The maximum Gasteiger partial charge on any atom is 0.180 e. The Kier molecular flexibility index (Phi) is 3.38. The average Bonchev–Trinajstić information content (AvgIpc) is 2.65. The van der Waals surface area contributed by atoms with Crippen LogP contribution < -0.4 is 5.73 Å². The van der Waals surface area contributed by atoms with E-state index >= 15 is 0 Å². The van der Waals surface area contributed by atoms with Gasteiger partial charge < -0.3 is 5.73 Å². The molecule has 0 saturated carbocycles. The lowest BCUT2D eigenvalue weighted by Crippen LogP contribution is -1.90. The Morgan fingerprint density at radius 2 is 2.12 bits per heavy atom. The molecular weight excluding hydrogens is 263 g/mol. The van der Waals surface area contributed by atoms with Crippen LogP contribution in [0, 0.1) is 6.92 Å². The Labute approximate surface area is 108 Å². The number of rotatable bonds is 2. The first-order chi connectivity index (χ1) is 7.58. The minimum absolute atomic E-state index is 0.565. The highest BCUT2D eigenvalue weighted by Gasteiger charge is 2.10. The molecule has 84 valence electrons. The van der Waals surface area contributed by atoms with Gasteiger partial charge in [-0.15, -0.1) is 11.3 Å². The van der Waals surface area contributed by atoms with E-state index in [0.717, 1.165) is 21.0 Å². The molecule has 0 unspecified atom stereocenters. The van der Waals surface area contributed by atoms with Crippen molar-refractivity contribution in [3.63, 3.8) is 0 Å². The second-order valence-electron chi connectivity index (χ2n) is 3.50. The second-order valence-corrected chi connectivity index (χ2v) is 5.43. The van der Waals surface area contributed by atoms with Gasteiger partial charge >= 0.3 is 0 Å². The molecule has 0 fully saturated rings. The summed E-state index contributed by atoms with van der Waals surface area (Å²) in [6, 6.07) is 3.78. The van der Waals surface area contributed by atoms with E-state index < -0.39 is 0 Å². The van der Waals surface area contributed by atoms with E-state index in [4.69, 9.17) is 28.9 Å². The summed E-state index contributed by atoms with van der Waals surface area (Å²) in [5.74, 6) is 0. The summed E-state index contributed by atoms with van der Waals surface area (Å²) in [7, 11) is 0. The third kappa shape index (κ3) is 2.32. The average molecular weight is 273 g/mol. The highest BCUT2D eigenvalue weighted by atomic mass is 35.5. The van der Waals surface area contributed by atoms with Gasteiger partial charge in [-0.05, 0) is 24.1 Å². The van der Waals surface area contributed by atoms with E-state index in [0.29, 0.717) is 16.6 Å². The molecule has 0 aliphatic rings. The van der Waals surface area contributed by atoms with Crippen molar-refractivity contribution in [1.29, 1.82) is 0 Å². The molecule has 0 amide bonds. The number of benzene rings is 1. The molecule has 0 radical (unpaired) electrons. The number of halogens is 2. The van der Waals surface area contributed by atoms with E-state index in [2.05, 4.69) is 4.98 Å². The van der Waals surface area contributed by atoms with Gasteiger partial charge in [-0.2, -0.15) is 0 Å². The largest absolute Gasteiger partial charge is 0.375 e. The lowest BCUT2D eigenvalue weighted by molar-refractivity contribution is 1.20. The molecule has 5 heteroatoms. The van der Waals surface area contributed by atoms with E-state index in [1.165, 1.54) is 11.3 Å². The molecule has 0 aliphatic heterocycles. The zero-order valence-electron chi connectivity index (χ0n) is 8.63. The van der Waals surface area contributed by atoms with E-state index in [9.17, 15) is 0 Å². The smallest absolute Gasteiger partial charge is 0.180 e. The Morgan fingerprint density at radius 1 is 1.38 bits per heavy atom. The fourth-order valence-corrected chi connectivity index (χ4v) is 2.66. The zero-order chi connectivity index (χ0) is 11.7. The molecular formula is C11H10Cl2N2S. The fraction of sp³-hybridized carbons (Fsp3) is 0.182. The summed E-state index contributed by atoms with van der Waals surface area (Å²) >= 11 is 13.8. The van der Waals surface area contributed by atoms with Crippen molar-refractivity contribution < 1.29 is 0 Å². The number of nitrogen functional groups attached to an aromatic ring is 1. The molecule has 0 spiro atoms. The summed E-state index contributed by atoms with van der Waals surface area (Å²) in [6.07, 6.45) is 2.43. The van der Waals surface area contributed by atoms with Gasteiger partial charge in [0.2, 0.25) is 0 Å². The van der Waals surface area contributed by atoms with Crippen molar-refractivity contribution in [2.24, 2.45) is 0 Å². The molecule has 0 bridgehead atoms. The molecule has 2 rings (SSSR count). The van der Waals surface area contributed by atoms with Crippen molar-refractivity contribution in [3.05, 3.63) is 44.4 Å². The van der Waals surface area contributed by atoms with Crippen molar-refractivity contribution in [2.45, 2.75) is 13.3 Å². The predicted octanol–water partition coefficient (Wildman–Crippen LogP) is 3.93. The zero-order valence-corrected chi connectivity index (χ0v) is 11.0. The number of nitrogens with zero attached hydrogens (tertiary/aromatic N) is 1. The van der Waals surface area contributed by atoms with Gasteiger partial charge in [-0.25, -0.2) is 4.98 Å². The van der Waals surface area contributed by atoms with E-state index in [1.807, 2.05) is 19.1 Å². The van der Waals surface area contributed by atoms with Gasteiger partial charge in [0.1, 0.15) is 0 Å². The molecule has 1 heterocycles. The van der Waals surface area contributed by atoms with Crippen LogP contribution in [0.1, 0.15) is 16.0 Å². The molecule has 2 N–H and O–H groups in total. The minimum Gasteiger partial charge on any atom is -0.375 e. The van der Waals surface area contributed by atoms with E-state index in [1.54, 1.807) is 6.20 Å². The number of aromatic nitrogens is 1. The van der Waals surface area contributed by atoms with Crippen LogP contribution in [0.25, 0.3) is 0 Å². The topological polar surface area (TPSA) is 38.9 Å². The lowest BCUT2D eigenvalue weighted by atomic mass is 10.1. The number of thiazole rings is 1. The number of anilines is 1. The van der Waals surface area contributed by atoms with Crippen LogP contribution in [0.5, 0.6) is 0 Å². The number of nitrogens with two attached hydrogens (primary N) is 1. The van der Waals surface area contributed by atoms with Gasteiger partial charge in [0.15, 0.2) is 5.13 Å². The van der Waals surface area contributed by atoms with Crippen LogP contribution in [0.4, 0.5) is 5.13 Å². The molecule has 2 aromatic rings. The van der Waals surface area contributed by atoms with Crippen LogP contribution >= 0.6 is 34.5 Å². The molecule has 1 aromatic carbocycles. The summed E-state index contributed by atoms with van der Waals surface area (Å²) < 4.78 is 0. The molecule has 1 aromatic heterocycles. The highest BCUT2D eigenvalue weighted by molar-refractivity contribution is 7.15. The second kappa shape index (κ2) is 4.62. The highest BCUT2D eigenvalue weighted by Crippen LogP contribution is 2.31. The maximum absolute atomic E-state index is 6.22. The van der Waals surface area contributed by atoms with Gasteiger partial charge in [-0.3, -0.25) is 0 Å². The van der Waals surface area contributed by atoms with Crippen molar-refractivity contribution >= 4 is 39.7 Å². The number of aryl methyl sites for hydroxylation is 1. The quantitative estimate of drug-likeness (QED) is 0.900. The fourth-order valence-electron chi connectivity index (χ4n) is 1.46. The summed E-state index contributed by atoms with van der Waals surface area (Å²) in [6.45, 7) is 1.96. The Hall–Kier alpha value is -0.770. The van der Waals surface area contributed by atoms with Gasteiger partial charge in [-0.1, -0.05) is 29.3 Å². The standard InChI is InChI=1S/C11H10Cl2N2S/c1-6-2-3-9(12)8(10(6)13)4-7-5-15-11(14)16-7/h2-3,5H,4H2,1H3,(H2,14,15). The normalized spacial score (nSPS) is 10.7. The van der Waals surface area contributed by atoms with Crippen molar-refractivity contribution in [2.75, 3.05) is 5.73 Å². The first-order valence-corrected chi connectivity index (χ1v) is 6.29. The van der Waals surface area contributed by atoms with Crippen LogP contribution in [0.2, 0.25) is 10.0 Å². The van der Waals surface area contributed by atoms with Crippen molar-refractivity contribution in [3.8, 4) is 0 Å². The molecule has 0 saturated heterocycles. The van der Waals surface area contributed by atoms with Gasteiger partial charge in [0.05, 0.1) is 0 Å². The predicted molar refractivity (Wildman–Crippen MR) is 70.5 cm³/mol. The first-order valence-electron chi connectivity index (χ1n) is 4.71. The lowest BCUT2D eigenvalue weighted by Gasteiger charge is -2.07. The molecule has 2 nitrogen and oxygen atoms in total. The van der Waals surface area contributed by atoms with Crippen LogP contribution in [-0.4, -0.2) is 4.98 Å². The van der Waals surface area contributed by atoms with Gasteiger partial charge in [0.25, 0.3) is 0 Å². The Bertz CT molecular complexity index is 523. The first kappa shape index (κ1) is 11.7. The maximum atomic E-state index is 6.22. The monoisotopic (exact) mass is 272 g/mol. The molecule has 0 aliphatic carbocycles.